The number of hydrogen-bond acceptors (Lipinski definition) is 2. The molecule has 0 atom stereocenters. The molecule has 0 amide bonds. The van der Waals surface area contributed by atoms with E-state index in [9.17, 15) is 4.39 Å². The molecule has 0 radical (unpaired) electrons. The van der Waals surface area contributed by atoms with Crippen molar-refractivity contribution in [3.63, 3.8) is 0 Å². The van der Waals surface area contributed by atoms with E-state index in [2.05, 4.69) is 22.1 Å². The Morgan fingerprint density at radius 1 is 1.41 bits per heavy atom. The molecule has 1 aliphatic rings. The van der Waals surface area contributed by atoms with E-state index in [1.807, 2.05) is 13.2 Å². The van der Waals surface area contributed by atoms with E-state index in [0.29, 0.717) is 6.54 Å². The number of rotatable bonds is 9. The molecule has 5 nitrogen and oxygen atoms in total. The quantitative estimate of drug-likeness (QED) is 0.245. The van der Waals surface area contributed by atoms with Crippen LogP contribution in [0.3, 0.4) is 0 Å². The highest BCUT2D eigenvalue weighted by molar-refractivity contribution is 14.0. The largest absolute Gasteiger partial charge is 0.379 e. The second-order valence-electron chi connectivity index (χ2n) is 6.93. The summed E-state index contributed by atoms with van der Waals surface area (Å²) in [6.07, 6.45) is 5.35. The zero-order chi connectivity index (χ0) is 18.4. The van der Waals surface area contributed by atoms with Gasteiger partial charge in [0.1, 0.15) is 5.82 Å². The molecule has 1 aliphatic carbocycles. The summed E-state index contributed by atoms with van der Waals surface area (Å²) >= 11 is 0. The van der Waals surface area contributed by atoms with Crippen molar-refractivity contribution in [2.24, 2.45) is 10.9 Å². The molecule has 7 heteroatoms. The topological polar surface area (TPSA) is 52.7 Å². The monoisotopic (exact) mass is 488 g/mol. The third-order valence-corrected chi connectivity index (χ3v) is 4.69. The van der Waals surface area contributed by atoms with Gasteiger partial charge in [0.15, 0.2) is 5.96 Å². The normalized spacial score (nSPS) is 14.3. The Bertz CT molecular complexity index is 745. The number of fused-ring (bicyclic) bond motifs is 1. The van der Waals surface area contributed by atoms with Crippen LogP contribution in [-0.4, -0.2) is 55.7 Å². The Balaban J connectivity index is 0.00000261. The molecule has 1 saturated carbocycles. The molecule has 3 rings (SSSR count). The summed E-state index contributed by atoms with van der Waals surface area (Å²) < 4.78 is 19.2. The first-order chi connectivity index (χ1) is 12.7. The van der Waals surface area contributed by atoms with Crippen LogP contribution >= 0.6 is 24.0 Å². The highest BCUT2D eigenvalue weighted by Gasteiger charge is 2.21. The van der Waals surface area contributed by atoms with E-state index in [4.69, 9.17) is 9.73 Å². The molecule has 2 N–H and O–H groups in total. The number of ether oxygens (including phenoxy) is 1. The average Bonchev–Trinajstić information content (AvgIpc) is 3.38. The molecule has 0 spiro atoms. The maximum Gasteiger partial charge on any atom is 0.193 e. The summed E-state index contributed by atoms with van der Waals surface area (Å²) in [5.74, 6) is 1.47. The van der Waals surface area contributed by atoms with Gasteiger partial charge in [-0.15, -0.1) is 24.0 Å². The minimum atomic E-state index is -0.207. The highest BCUT2D eigenvalue weighted by Crippen LogP contribution is 2.28. The van der Waals surface area contributed by atoms with E-state index in [1.165, 1.54) is 18.9 Å². The Morgan fingerprint density at radius 3 is 2.96 bits per heavy atom. The molecule has 1 aromatic carbocycles. The minimum absolute atomic E-state index is 0. The number of nitrogens with zero attached hydrogens (tertiary/aromatic N) is 2. The molecule has 0 aliphatic heterocycles. The number of H-pyrrole nitrogens is 1. The van der Waals surface area contributed by atoms with Crippen LogP contribution < -0.4 is 5.32 Å². The van der Waals surface area contributed by atoms with Crippen molar-refractivity contribution in [2.75, 3.05) is 39.9 Å². The first-order valence-electron chi connectivity index (χ1n) is 9.50. The number of guanidine groups is 1. The van der Waals surface area contributed by atoms with Crippen molar-refractivity contribution in [3.8, 4) is 0 Å². The molecule has 0 unspecified atom stereocenters. The van der Waals surface area contributed by atoms with Crippen LogP contribution in [0, 0.1) is 11.7 Å². The van der Waals surface area contributed by atoms with Gasteiger partial charge in [-0.3, -0.25) is 4.99 Å². The summed E-state index contributed by atoms with van der Waals surface area (Å²) in [7, 11) is 2.03. The number of hydrogen-bond donors (Lipinski definition) is 2. The molecular weight excluding hydrogens is 458 g/mol. The Hall–Kier alpha value is -1.35. The number of aromatic nitrogens is 1. The van der Waals surface area contributed by atoms with Crippen LogP contribution in [0.25, 0.3) is 10.9 Å². The van der Waals surface area contributed by atoms with Crippen molar-refractivity contribution in [1.82, 2.24) is 15.2 Å². The van der Waals surface area contributed by atoms with Crippen molar-refractivity contribution < 1.29 is 9.13 Å². The van der Waals surface area contributed by atoms with Crippen molar-refractivity contribution in [1.29, 1.82) is 0 Å². The van der Waals surface area contributed by atoms with Crippen molar-refractivity contribution in [2.45, 2.75) is 26.2 Å². The summed E-state index contributed by atoms with van der Waals surface area (Å²) in [5, 5.41) is 4.26. The fourth-order valence-corrected chi connectivity index (χ4v) is 2.95. The Kier molecular flexibility index (Phi) is 8.82. The predicted octanol–water partition coefficient (Wildman–Crippen LogP) is 3.79. The van der Waals surface area contributed by atoms with Gasteiger partial charge in [0.05, 0.1) is 6.61 Å². The second-order valence-corrected chi connectivity index (χ2v) is 6.93. The van der Waals surface area contributed by atoms with Crippen LogP contribution in [0.15, 0.2) is 29.4 Å². The number of benzene rings is 1. The number of nitrogens with one attached hydrogen (secondary N) is 2. The first-order valence-corrected chi connectivity index (χ1v) is 9.50. The van der Waals surface area contributed by atoms with E-state index in [0.717, 1.165) is 61.1 Å². The van der Waals surface area contributed by atoms with Crippen LogP contribution in [0.4, 0.5) is 4.39 Å². The van der Waals surface area contributed by atoms with Gasteiger partial charge in [0.25, 0.3) is 0 Å². The summed E-state index contributed by atoms with van der Waals surface area (Å²) in [6.45, 7) is 5.97. The van der Waals surface area contributed by atoms with Crippen LogP contribution in [0.1, 0.15) is 25.3 Å². The van der Waals surface area contributed by atoms with E-state index < -0.39 is 0 Å². The average molecular weight is 488 g/mol. The van der Waals surface area contributed by atoms with Gasteiger partial charge in [-0.05, 0) is 55.9 Å². The Morgan fingerprint density at radius 2 is 2.22 bits per heavy atom. The lowest BCUT2D eigenvalue weighted by Gasteiger charge is -2.22. The zero-order valence-electron chi connectivity index (χ0n) is 16.1. The smallest absolute Gasteiger partial charge is 0.193 e. The van der Waals surface area contributed by atoms with Gasteiger partial charge in [0, 0.05) is 50.4 Å². The summed E-state index contributed by atoms with van der Waals surface area (Å²) in [6, 6.07) is 4.83. The third kappa shape index (κ3) is 6.64. The Labute approximate surface area is 177 Å². The molecule has 0 saturated heterocycles. The predicted molar refractivity (Wildman–Crippen MR) is 120 cm³/mol. The first kappa shape index (κ1) is 21.9. The van der Waals surface area contributed by atoms with E-state index in [1.54, 1.807) is 12.1 Å². The number of aromatic amines is 1. The van der Waals surface area contributed by atoms with Gasteiger partial charge in [-0.1, -0.05) is 0 Å². The van der Waals surface area contributed by atoms with Crippen LogP contribution in [0.2, 0.25) is 0 Å². The molecule has 0 bridgehead atoms. The lowest BCUT2D eigenvalue weighted by Crippen LogP contribution is -2.40. The second kappa shape index (κ2) is 10.8. The SMILES string of the molecule is CCNC(=NCCc1c[nH]c2ccc(F)cc12)N(C)CCOCC1CC1.I. The molecular formula is C20H30FIN4O. The summed E-state index contributed by atoms with van der Waals surface area (Å²) in [5.41, 5.74) is 2.05. The lowest BCUT2D eigenvalue weighted by atomic mass is 10.1. The molecule has 150 valence electrons. The van der Waals surface area contributed by atoms with Crippen molar-refractivity contribution in [3.05, 3.63) is 35.8 Å². The highest BCUT2D eigenvalue weighted by atomic mass is 127. The van der Waals surface area contributed by atoms with Crippen LogP contribution in [0.5, 0.6) is 0 Å². The molecule has 27 heavy (non-hydrogen) atoms. The van der Waals surface area contributed by atoms with Gasteiger partial charge < -0.3 is 19.9 Å². The van der Waals surface area contributed by atoms with Gasteiger partial charge in [-0.25, -0.2) is 4.39 Å². The summed E-state index contributed by atoms with van der Waals surface area (Å²) in [4.78, 5) is 10.0. The fraction of sp³-hybridized carbons (Fsp3) is 0.550. The van der Waals surface area contributed by atoms with E-state index in [-0.39, 0.29) is 29.8 Å². The molecule has 2 aromatic rings. The minimum Gasteiger partial charge on any atom is -0.379 e. The number of aliphatic imine (C=N–C) groups is 1. The molecule has 1 aromatic heterocycles. The van der Waals surface area contributed by atoms with E-state index >= 15 is 0 Å². The van der Waals surface area contributed by atoms with Crippen LogP contribution in [-0.2, 0) is 11.2 Å². The maximum atomic E-state index is 13.5. The zero-order valence-corrected chi connectivity index (χ0v) is 18.5. The fourth-order valence-electron chi connectivity index (χ4n) is 2.95. The number of likely N-dealkylation sites (N-methyl/N-ethyl adjacent to an activating group) is 1. The molecule has 1 fully saturated rings. The molecule has 1 heterocycles. The van der Waals surface area contributed by atoms with Gasteiger partial charge >= 0.3 is 0 Å². The van der Waals surface area contributed by atoms with Crippen molar-refractivity contribution >= 4 is 40.8 Å². The third-order valence-electron chi connectivity index (χ3n) is 4.69. The lowest BCUT2D eigenvalue weighted by molar-refractivity contribution is 0.115. The van der Waals surface area contributed by atoms with Gasteiger partial charge in [-0.2, -0.15) is 0 Å². The standard InChI is InChI=1S/C20H29FN4O.HI/c1-3-22-20(25(2)10-11-26-14-15-4-5-15)23-9-8-16-13-24-19-7-6-17(21)12-18(16)19;/h6-7,12-13,15,24H,3-5,8-11,14H2,1-2H3,(H,22,23);1H. The van der Waals surface area contributed by atoms with Gasteiger partial charge in [0.2, 0.25) is 0 Å². The number of halogens is 2. The maximum absolute atomic E-state index is 13.5.